The van der Waals surface area contributed by atoms with Gasteiger partial charge in [0.25, 0.3) is 0 Å². The van der Waals surface area contributed by atoms with Crippen LogP contribution in [0.5, 0.6) is 5.75 Å². The lowest BCUT2D eigenvalue weighted by atomic mass is 10.1. The fraction of sp³-hybridized carbons (Fsp3) is 0.500. The van der Waals surface area contributed by atoms with Crippen LogP contribution in [0.25, 0.3) is 0 Å². The maximum atomic E-state index is 11.9. The van der Waals surface area contributed by atoms with Crippen LogP contribution in [0.2, 0.25) is 0 Å². The van der Waals surface area contributed by atoms with Crippen LogP contribution in [0.4, 0.5) is 0 Å². The number of fused-ring (bicyclic) bond motifs is 1. The average Bonchev–Trinajstić information content (AvgIpc) is 3.29. The first-order valence-electron chi connectivity index (χ1n) is 9.38. The standard InChI is InChI=1S/C20H26N4O2/c1-26-19-6-4-16(5-7-19)13-22-14-17-8-10-21-24(17)18(15-22)9-12-23-11-2-3-20(23)25/h4-8,10,18H,2-3,9,11-15H2,1H3. The topological polar surface area (TPSA) is 50.6 Å². The monoisotopic (exact) mass is 354 g/mol. The Morgan fingerprint density at radius 1 is 1.23 bits per heavy atom. The zero-order chi connectivity index (χ0) is 17.9. The van der Waals surface area contributed by atoms with E-state index in [-0.39, 0.29) is 0 Å². The number of aromatic nitrogens is 2. The highest BCUT2D eigenvalue weighted by atomic mass is 16.5. The highest BCUT2D eigenvalue weighted by molar-refractivity contribution is 5.78. The first-order chi connectivity index (χ1) is 12.7. The second-order valence-electron chi connectivity index (χ2n) is 7.21. The SMILES string of the molecule is COc1ccc(CN2Cc3ccnn3C(CCN3CCCC3=O)C2)cc1. The average molecular weight is 354 g/mol. The van der Waals surface area contributed by atoms with E-state index in [1.807, 2.05) is 23.2 Å². The molecule has 1 aromatic heterocycles. The summed E-state index contributed by atoms with van der Waals surface area (Å²) in [5, 5.41) is 4.54. The number of methoxy groups -OCH3 is 1. The van der Waals surface area contributed by atoms with Gasteiger partial charge in [0, 0.05) is 45.3 Å². The van der Waals surface area contributed by atoms with Crippen molar-refractivity contribution in [2.45, 2.75) is 38.4 Å². The lowest BCUT2D eigenvalue weighted by molar-refractivity contribution is -0.127. The summed E-state index contributed by atoms with van der Waals surface area (Å²) in [6, 6.07) is 10.7. The molecule has 1 aromatic carbocycles. The zero-order valence-electron chi connectivity index (χ0n) is 15.3. The third kappa shape index (κ3) is 3.60. The van der Waals surface area contributed by atoms with Crippen molar-refractivity contribution in [3.8, 4) is 5.75 Å². The smallest absolute Gasteiger partial charge is 0.222 e. The third-order valence-corrected chi connectivity index (χ3v) is 5.42. The Hall–Kier alpha value is -2.34. The first-order valence-corrected chi connectivity index (χ1v) is 9.38. The van der Waals surface area contributed by atoms with E-state index >= 15 is 0 Å². The lowest BCUT2D eigenvalue weighted by Crippen LogP contribution is -2.39. The molecule has 3 heterocycles. The number of ether oxygens (including phenoxy) is 1. The van der Waals surface area contributed by atoms with Gasteiger partial charge in [-0.15, -0.1) is 0 Å². The minimum absolute atomic E-state index is 0.302. The molecule has 2 aliphatic rings. The predicted molar refractivity (Wildman–Crippen MR) is 98.8 cm³/mol. The normalized spacial score (nSPS) is 20.4. The van der Waals surface area contributed by atoms with Gasteiger partial charge in [0.05, 0.1) is 18.8 Å². The molecule has 0 aliphatic carbocycles. The van der Waals surface area contributed by atoms with Crippen molar-refractivity contribution >= 4 is 5.91 Å². The Labute approximate surface area is 154 Å². The van der Waals surface area contributed by atoms with Crippen molar-refractivity contribution < 1.29 is 9.53 Å². The number of carbonyl (C=O) groups is 1. The molecule has 4 rings (SSSR count). The molecular weight excluding hydrogens is 328 g/mol. The molecule has 26 heavy (non-hydrogen) atoms. The highest BCUT2D eigenvalue weighted by Crippen LogP contribution is 2.25. The maximum absolute atomic E-state index is 11.9. The van der Waals surface area contributed by atoms with Gasteiger partial charge in [-0.2, -0.15) is 5.10 Å². The zero-order valence-corrected chi connectivity index (χ0v) is 15.3. The van der Waals surface area contributed by atoms with E-state index in [2.05, 4.69) is 32.9 Å². The number of likely N-dealkylation sites (tertiary alicyclic amines) is 1. The fourth-order valence-electron chi connectivity index (χ4n) is 4.03. The molecule has 1 unspecified atom stereocenters. The summed E-state index contributed by atoms with van der Waals surface area (Å²) >= 11 is 0. The van der Waals surface area contributed by atoms with Crippen LogP contribution in [0.1, 0.15) is 36.6 Å². The Morgan fingerprint density at radius 3 is 2.81 bits per heavy atom. The van der Waals surface area contributed by atoms with Gasteiger partial charge in [-0.3, -0.25) is 14.4 Å². The van der Waals surface area contributed by atoms with Crippen LogP contribution in [0.3, 0.4) is 0 Å². The van der Waals surface area contributed by atoms with Gasteiger partial charge < -0.3 is 9.64 Å². The van der Waals surface area contributed by atoms with Crippen molar-refractivity contribution in [1.82, 2.24) is 19.6 Å². The number of hydrogen-bond acceptors (Lipinski definition) is 4. The van der Waals surface area contributed by atoms with Gasteiger partial charge in [-0.1, -0.05) is 12.1 Å². The minimum Gasteiger partial charge on any atom is -0.497 e. The van der Waals surface area contributed by atoms with Crippen molar-refractivity contribution in [3.05, 3.63) is 47.8 Å². The summed E-state index contributed by atoms with van der Waals surface area (Å²) in [5.41, 5.74) is 2.54. The molecule has 2 aromatic rings. The molecule has 1 amide bonds. The molecule has 138 valence electrons. The Balaban J connectivity index is 1.42. The molecule has 0 radical (unpaired) electrons. The van der Waals surface area contributed by atoms with Gasteiger partial charge in [0.15, 0.2) is 0 Å². The second-order valence-corrected chi connectivity index (χ2v) is 7.21. The molecule has 0 spiro atoms. The van der Waals surface area contributed by atoms with Crippen LogP contribution in [-0.2, 0) is 17.9 Å². The second kappa shape index (κ2) is 7.50. The third-order valence-electron chi connectivity index (χ3n) is 5.42. The van der Waals surface area contributed by atoms with Crippen molar-refractivity contribution in [2.24, 2.45) is 0 Å². The summed E-state index contributed by atoms with van der Waals surface area (Å²) in [4.78, 5) is 16.4. The van der Waals surface area contributed by atoms with Gasteiger partial charge in [0.1, 0.15) is 5.75 Å². The quantitative estimate of drug-likeness (QED) is 0.800. The molecule has 0 saturated carbocycles. The van der Waals surface area contributed by atoms with Crippen LogP contribution in [0.15, 0.2) is 36.5 Å². The summed E-state index contributed by atoms with van der Waals surface area (Å²) in [7, 11) is 1.69. The lowest BCUT2D eigenvalue weighted by Gasteiger charge is -2.34. The highest BCUT2D eigenvalue weighted by Gasteiger charge is 2.27. The van der Waals surface area contributed by atoms with Crippen LogP contribution >= 0.6 is 0 Å². The predicted octanol–water partition coefficient (Wildman–Crippen LogP) is 2.46. The van der Waals surface area contributed by atoms with Crippen molar-refractivity contribution in [1.29, 1.82) is 0 Å². The van der Waals surface area contributed by atoms with Crippen molar-refractivity contribution in [3.63, 3.8) is 0 Å². The number of benzene rings is 1. The van der Waals surface area contributed by atoms with Gasteiger partial charge >= 0.3 is 0 Å². The number of rotatable bonds is 6. The summed E-state index contributed by atoms with van der Waals surface area (Å²) < 4.78 is 7.40. The summed E-state index contributed by atoms with van der Waals surface area (Å²) in [5.74, 6) is 1.19. The fourth-order valence-corrected chi connectivity index (χ4v) is 4.03. The Bertz CT molecular complexity index is 755. The molecule has 1 saturated heterocycles. The summed E-state index contributed by atoms with van der Waals surface area (Å²) in [6.07, 6.45) is 4.56. The van der Waals surface area contributed by atoms with Crippen LogP contribution in [0, 0.1) is 0 Å². The van der Waals surface area contributed by atoms with E-state index in [9.17, 15) is 4.79 Å². The van der Waals surface area contributed by atoms with E-state index in [4.69, 9.17) is 4.74 Å². The van der Waals surface area contributed by atoms with Gasteiger partial charge in [-0.05, 0) is 36.6 Å². The van der Waals surface area contributed by atoms with E-state index in [1.54, 1.807) is 7.11 Å². The van der Waals surface area contributed by atoms with Crippen LogP contribution < -0.4 is 4.74 Å². The Morgan fingerprint density at radius 2 is 2.08 bits per heavy atom. The molecule has 0 bridgehead atoms. The maximum Gasteiger partial charge on any atom is 0.222 e. The summed E-state index contributed by atoms with van der Waals surface area (Å²) in [6.45, 7) is 4.52. The van der Waals surface area contributed by atoms with E-state index in [1.165, 1.54) is 11.3 Å². The molecule has 2 aliphatic heterocycles. The van der Waals surface area contributed by atoms with E-state index in [0.29, 0.717) is 18.4 Å². The van der Waals surface area contributed by atoms with Crippen LogP contribution in [-0.4, -0.2) is 52.2 Å². The molecule has 6 heteroatoms. The number of carbonyl (C=O) groups excluding carboxylic acids is 1. The number of amides is 1. The molecular formula is C20H26N4O2. The molecule has 1 fully saturated rings. The van der Waals surface area contributed by atoms with Gasteiger partial charge in [0.2, 0.25) is 5.91 Å². The molecule has 6 nitrogen and oxygen atoms in total. The van der Waals surface area contributed by atoms with E-state index in [0.717, 1.165) is 51.3 Å². The number of hydrogen-bond donors (Lipinski definition) is 0. The minimum atomic E-state index is 0.302. The molecule has 0 N–H and O–H groups in total. The van der Waals surface area contributed by atoms with Crippen molar-refractivity contribution in [2.75, 3.05) is 26.7 Å². The largest absolute Gasteiger partial charge is 0.497 e. The Kier molecular flexibility index (Phi) is 4.93. The van der Waals surface area contributed by atoms with E-state index < -0.39 is 0 Å². The first kappa shape index (κ1) is 17.1. The molecule has 1 atom stereocenters. The van der Waals surface area contributed by atoms with Gasteiger partial charge in [-0.25, -0.2) is 0 Å². The number of nitrogens with zero attached hydrogens (tertiary/aromatic N) is 4.